The number of nitro groups is 1. The van der Waals surface area contributed by atoms with Gasteiger partial charge < -0.3 is 5.32 Å². The van der Waals surface area contributed by atoms with Crippen LogP contribution in [0.3, 0.4) is 0 Å². The minimum Gasteiger partial charge on any atom is -0.306 e. The summed E-state index contributed by atoms with van der Waals surface area (Å²) in [5.41, 5.74) is 2.47. The van der Waals surface area contributed by atoms with Crippen molar-refractivity contribution in [3.63, 3.8) is 0 Å². The highest BCUT2D eigenvalue weighted by atomic mass is 16.6. The fourth-order valence-corrected chi connectivity index (χ4v) is 1.86. The smallest absolute Gasteiger partial charge is 0.269 e. The van der Waals surface area contributed by atoms with Gasteiger partial charge >= 0.3 is 0 Å². The van der Waals surface area contributed by atoms with Crippen LogP contribution in [0.1, 0.15) is 32.0 Å². The monoisotopic (exact) mass is 289 g/mol. The molecule has 7 nitrogen and oxygen atoms in total. The number of hydrogen-bond acceptors (Lipinski definition) is 5. The molecule has 0 fully saturated rings. The number of nitro benzene ring substituents is 1. The third-order valence-corrected chi connectivity index (χ3v) is 2.98. The maximum Gasteiger partial charge on any atom is 0.269 e. The van der Waals surface area contributed by atoms with Gasteiger partial charge in [-0.1, -0.05) is 5.21 Å². The first-order valence-electron chi connectivity index (χ1n) is 6.68. The molecule has 1 N–H and O–H groups in total. The fourth-order valence-electron chi connectivity index (χ4n) is 1.86. The molecule has 0 spiro atoms. The van der Waals surface area contributed by atoms with E-state index in [2.05, 4.69) is 36.4 Å². The maximum absolute atomic E-state index is 10.7. The minimum atomic E-state index is -0.406. The molecule has 0 atom stereocenters. The van der Waals surface area contributed by atoms with Crippen LogP contribution < -0.4 is 5.32 Å². The third-order valence-electron chi connectivity index (χ3n) is 2.98. The Balaban J connectivity index is 2.20. The molecule has 1 aromatic heterocycles. The minimum absolute atomic E-state index is 0.00700. The van der Waals surface area contributed by atoms with Crippen molar-refractivity contribution in [3.05, 3.63) is 45.8 Å². The van der Waals surface area contributed by atoms with Crippen LogP contribution in [0.5, 0.6) is 0 Å². The zero-order valence-corrected chi connectivity index (χ0v) is 12.6. The first kappa shape index (κ1) is 15.1. The lowest BCUT2D eigenvalue weighted by molar-refractivity contribution is -0.384. The van der Waals surface area contributed by atoms with Crippen LogP contribution in [0.2, 0.25) is 0 Å². The van der Waals surface area contributed by atoms with Crippen molar-refractivity contribution >= 4 is 5.69 Å². The van der Waals surface area contributed by atoms with Crippen molar-refractivity contribution < 1.29 is 4.92 Å². The zero-order valence-electron chi connectivity index (χ0n) is 12.6. The van der Waals surface area contributed by atoms with E-state index in [0.717, 1.165) is 16.9 Å². The summed E-state index contributed by atoms with van der Waals surface area (Å²) in [4.78, 5) is 10.3. The van der Waals surface area contributed by atoms with E-state index in [4.69, 9.17) is 0 Å². The molecule has 2 rings (SSSR count). The van der Waals surface area contributed by atoms with E-state index in [1.165, 1.54) is 12.1 Å². The van der Waals surface area contributed by atoms with Gasteiger partial charge in [0.25, 0.3) is 5.69 Å². The molecular formula is C14H19N5O2. The van der Waals surface area contributed by atoms with E-state index in [0.29, 0.717) is 6.54 Å². The summed E-state index contributed by atoms with van der Waals surface area (Å²) in [5.74, 6) is 0. The lowest BCUT2D eigenvalue weighted by Crippen LogP contribution is -2.35. The summed E-state index contributed by atoms with van der Waals surface area (Å²) in [6.07, 6.45) is 1.83. The molecule has 0 aliphatic rings. The standard InChI is InChI=1S/C14H19N5O2/c1-10-7-12(19(20)21)5-6-13(10)18-9-11(16-17-18)8-15-14(2,3)4/h5-7,9,15H,8H2,1-4H3. The van der Waals surface area contributed by atoms with Gasteiger partial charge in [0.1, 0.15) is 0 Å². The highest BCUT2D eigenvalue weighted by Crippen LogP contribution is 2.19. The van der Waals surface area contributed by atoms with Crippen LogP contribution in [-0.2, 0) is 6.54 Å². The highest BCUT2D eigenvalue weighted by molar-refractivity contribution is 5.47. The zero-order chi connectivity index (χ0) is 15.6. The van der Waals surface area contributed by atoms with Gasteiger partial charge in [0, 0.05) is 24.2 Å². The predicted octanol–water partition coefficient (Wildman–Crippen LogP) is 2.37. The van der Waals surface area contributed by atoms with Gasteiger partial charge in [0.2, 0.25) is 0 Å². The van der Waals surface area contributed by atoms with Gasteiger partial charge in [-0.05, 0) is 39.3 Å². The van der Waals surface area contributed by atoms with Crippen molar-refractivity contribution in [1.29, 1.82) is 0 Å². The van der Waals surface area contributed by atoms with Crippen LogP contribution in [0.15, 0.2) is 24.4 Å². The molecule has 0 aliphatic carbocycles. The normalized spacial score (nSPS) is 11.6. The van der Waals surface area contributed by atoms with E-state index in [1.807, 2.05) is 13.1 Å². The Kier molecular flexibility index (Phi) is 4.04. The summed E-state index contributed by atoms with van der Waals surface area (Å²) < 4.78 is 1.64. The van der Waals surface area contributed by atoms with Crippen LogP contribution in [0.25, 0.3) is 5.69 Å². The number of rotatable bonds is 4. The maximum atomic E-state index is 10.7. The Bertz CT molecular complexity index is 658. The average Bonchev–Trinajstić information content (AvgIpc) is 2.84. The quantitative estimate of drug-likeness (QED) is 0.690. The Morgan fingerprint density at radius 3 is 2.67 bits per heavy atom. The van der Waals surface area contributed by atoms with E-state index < -0.39 is 4.92 Å². The number of aryl methyl sites for hydroxylation is 1. The van der Waals surface area contributed by atoms with Crippen molar-refractivity contribution in [2.24, 2.45) is 0 Å². The van der Waals surface area contributed by atoms with Gasteiger partial charge in [-0.15, -0.1) is 5.10 Å². The Morgan fingerprint density at radius 2 is 2.10 bits per heavy atom. The highest BCUT2D eigenvalue weighted by Gasteiger charge is 2.13. The van der Waals surface area contributed by atoms with E-state index in [1.54, 1.807) is 10.7 Å². The lowest BCUT2D eigenvalue weighted by atomic mass is 10.1. The van der Waals surface area contributed by atoms with Crippen LogP contribution in [0, 0.1) is 17.0 Å². The fraction of sp³-hybridized carbons (Fsp3) is 0.429. The molecule has 2 aromatic rings. The second-order valence-corrected chi connectivity index (χ2v) is 5.99. The van der Waals surface area contributed by atoms with Gasteiger partial charge in [0.05, 0.1) is 22.5 Å². The molecule has 0 radical (unpaired) electrons. The SMILES string of the molecule is Cc1cc([N+](=O)[O-])ccc1-n1cc(CNC(C)(C)C)nn1. The van der Waals surface area contributed by atoms with Crippen LogP contribution >= 0.6 is 0 Å². The second kappa shape index (κ2) is 5.61. The summed E-state index contributed by atoms with van der Waals surface area (Å²) in [7, 11) is 0. The number of hydrogen-bond donors (Lipinski definition) is 1. The summed E-state index contributed by atoms with van der Waals surface area (Å²) in [5, 5.41) is 22.3. The summed E-state index contributed by atoms with van der Waals surface area (Å²) in [6.45, 7) is 8.68. The van der Waals surface area contributed by atoms with E-state index in [-0.39, 0.29) is 11.2 Å². The van der Waals surface area contributed by atoms with Crippen molar-refractivity contribution in [2.75, 3.05) is 0 Å². The Labute approximate surface area is 123 Å². The summed E-state index contributed by atoms with van der Waals surface area (Å²) >= 11 is 0. The van der Waals surface area contributed by atoms with Crippen LogP contribution in [-0.4, -0.2) is 25.5 Å². The Morgan fingerprint density at radius 1 is 1.38 bits per heavy atom. The third kappa shape index (κ3) is 3.85. The van der Waals surface area contributed by atoms with Gasteiger partial charge in [-0.3, -0.25) is 10.1 Å². The molecule has 0 unspecified atom stereocenters. The van der Waals surface area contributed by atoms with Gasteiger partial charge in [0.15, 0.2) is 0 Å². The summed E-state index contributed by atoms with van der Waals surface area (Å²) in [6, 6.07) is 4.68. The van der Waals surface area contributed by atoms with Gasteiger partial charge in [-0.2, -0.15) is 0 Å². The van der Waals surface area contributed by atoms with E-state index in [9.17, 15) is 10.1 Å². The number of benzene rings is 1. The first-order valence-corrected chi connectivity index (χ1v) is 6.68. The first-order chi connectivity index (χ1) is 9.76. The van der Waals surface area contributed by atoms with Crippen molar-refractivity contribution in [2.45, 2.75) is 39.8 Å². The van der Waals surface area contributed by atoms with Crippen molar-refractivity contribution in [3.8, 4) is 5.69 Å². The molecule has 0 amide bonds. The number of aromatic nitrogens is 3. The molecule has 0 aliphatic heterocycles. The van der Waals surface area contributed by atoms with Crippen LogP contribution in [0.4, 0.5) is 5.69 Å². The molecule has 0 bridgehead atoms. The van der Waals surface area contributed by atoms with Gasteiger partial charge in [-0.25, -0.2) is 4.68 Å². The average molecular weight is 289 g/mol. The molecule has 1 heterocycles. The molecule has 7 heteroatoms. The molecule has 0 saturated carbocycles. The number of nitrogens with zero attached hydrogens (tertiary/aromatic N) is 4. The molecular weight excluding hydrogens is 270 g/mol. The second-order valence-electron chi connectivity index (χ2n) is 5.99. The predicted molar refractivity (Wildman–Crippen MR) is 79.3 cm³/mol. The molecule has 1 aromatic carbocycles. The van der Waals surface area contributed by atoms with E-state index >= 15 is 0 Å². The number of non-ortho nitro benzene ring substituents is 1. The van der Waals surface area contributed by atoms with Crippen molar-refractivity contribution in [1.82, 2.24) is 20.3 Å². The molecule has 0 saturated heterocycles. The molecule has 112 valence electrons. The molecule has 21 heavy (non-hydrogen) atoms. The largest absolute Gasteiger partial charge is 0.306 e. The topological polar surface area (TPSA) is 85.9 Å². The number of nitrogens with one attached hydrogen (secondary N) is 1. The Hall–Kier alpha value is -2.28. The lowest BCUT2D eigenvalue weighted by Gasteiger charge is -2.19.